The van der Waals surface area contributed by atoms with Crippen LogP contribution < -0.4 is 16.4 Å². The maximum absolute atomic E-state index is 12.5. The molecule has 2 aliphatic rings. The van der Waals surface area contributed by atoms with Crippen LogP contribution in [0.15, 0.2) is 30.5 Å². The van der Waals surface area contributed by atoms with E-state index in [4.69, 9.17) is 27.1 Å². The number of nitrogens with two attached hydrogens (primary N) is 1. The van der Waals surface area contributed by atoms with E-state index >= 15 is 0 Å². The van der Waals surface area contributed by atoms with Gasteiger partial charge < -0.3 is 21.1 Å². The molecule has 0 aromatic carbocycles. The van der Waals surface area contributed by atoms with Crippen molar-refractivity contribution < 1.29 is 9.53 Å². The zero-order valence-corrected chi connectivity index (χ0v) is 17.7. The number of halogens is 1. The fourth-order valence-electron chi connectivity index (χ4n) is 4.07. The molecule has 2 aromatic heterocycles. The third kappa shape index (κ3) is 5.28. The van der Waals surface area contributed by atoms with Gasteiger partial charge in [-0.2, -0.15) is 0 Å². The van der Waals surface area contributed by atoms with Crippen LogP contribution in [0.4, 0.5) is 11.6 Å². The fourth-order valence-corrected chi connectivity index (χ4v) is 4.27. The van der Waals surface area contributed by atoms with Crippen LogP contribution >= 0.6 is 11.6 Å². The molecule has 160 valence electrons. The number of nitrogens with one attached hydrogen (secondary N) is 2. The minimum Gasteiger partial charge on any atom is -0.381 e. The molecule has 1 aliphatic heterocycles. The Kier molecular flexibility index (Phi) is 6.82. The Bertz CT molecular complexity index is 888. The van der Waals surface area contributed by atoms with E-state index in [1.807, 2.05) is 18.2 Å². The van der Waals surface area contributed by atoms with E-state index in [1.54, 1.807) is 12.3 Å². The van der Waals surface area contributed by atoms with E-state index in [9.17, 15) is 4.79 Å². The second kappa shape index (κ2) is 9.73. The van der Waals surface area contributed by atoms with Crippen molar-refractivity contribution in [2.75, 3.05) is 30.4 Å². The van der Waals surface area contributed by atoms with Crippen LogP contribution in [0.5, 0.6) is 0 Å². The minimum absolute atomic E-state index is 0.0384. The first-order valence-electron chi connectivity index (χ1n) is 10.6. The van der Waals surface area contributed by atoms with Crippen molar-refractivity contribution in [3.63, 3.8) is 0 Å². The van der Waals surface area contributed by atoms with Gasteiger partial charge in [0.15, 0.2) is 0 Å². The predicted octanol–water partition coefficient (Wildman–Crippen LogP) is 3.70. The highest BCUT2D eigenvalue weighted by Crippen LogP contribution is 2.30. The highest BCUT2D eigenvalue weighted by atomic mass is 35.5. The molecule has 4 rings (SSSR count). The lowest BCUT2D eigenvalue weighted by molar-refractivity contribution is -0.119. The quantitative estimate of drug-likeness (QED) is 0.647. The highest BCUT2D eigenvalue weighted by molar-refractivity contribution is 6.33. The summed E-state index contributed by atoms with van der Waals surface area (Å²) in [6.07, 6.45) is 6.10. The Morgan fingerprint density at radius 1 is 1.20 bits per heavy atom. The molecule has 30 heavy (non-hydrogen) atoms. The number of anilines is 2. The summed E-state index contributed by atoms with van der Waals surface area (Å²) in [5.74, 6) is 1.78. The van der Waals surface area contributed by atoms with Crippen molar-refractivity contribution in [2.24, 2.45) is 17.6 Å². The van der Waals surface area contributed by atoms with Gasteiger partial charge in [-0.05, 0) is 56.2 Å². The summed E-state index contributed by atoms with van der Waals surface area (Å²) in [6, 6.07) is 7.69. The Hall–Kier alpha value is -2.22. The molecule has 1 saturated heterocycles. The number of nitrogens with zero attached hydrogens (tertiary/aromatic N) is 2. The van der Waals surface area contributed by atoms with Crippen molar-refractivity contribution in [3.05, 3.63) is 35.5 Å². The summed E-state index contributed by atoms with van der Waals surface area (Å²) >= 11 is 6.40. The molecule has 0 radical (unpaired) electrons. The van der Waals surface area contributed by atoms with Crippen molar-refractivity contribution in [1.82, 2.24) is 9.97 Å². The lowest BCUT2D eigenvalue weighted by Crippen LogP contribution is -2.23. The Labute approximate surface area is 181 Å². The van der Waals surface area contributed by atoms with Crippen LogP contribution in [0, 0.1) is 11.8 Å². The summed E-state index contributed by atoms with van der Waals surface area (Å²) in [7, 11) is 0. The van der Waals surface area contributed by atoms with E-state index in [0.29, 0.717) is 23.2 Å². The van der Waals surface area contributed by atoms with Gasteiger partial charge in [0.2, 0.25) is 5.91 Å². The van der Waals surface area contributed by atoms with Gasteiger partial charge in [-0.25, -0.2) is 9.97 Å². The summed E-state index contributed by atoms with van der Waals surface area (Å²) in [5, 5.41) is 6.82. The average Bonchev–Trinajstić information content (AvgIpc) is 3.21. The zero-order valence-electron chi connectivity index (χ0n) is 16.9. The number of carbonyl (C=O) groups is 1. The minimum atomic E-state index is -0.0585. The van der Waals surface area contributed by atoms with E-state index in [2.05, 4.69) is 15.6 Å². The molecule has 0 spiro atoms. The SMILES string of the molecule is N[C@H]1CC[C@@H](C(=O)Nc2cc(-c3cccc(NCC4CCOCC4)n3)c(Cl)cn2)C1. The van der Waals surface area contributed by atoms with Crippen LogP contribution in [0.2, 0.25) is 5.02 Å². The number of aromatic nitrogens is 2. The first-order valence-corrected chi connectivity index (χ1v) is 11.0. The van der Waals surface area contributed by atoms with Gasteiger partial charge in [0.1, 0.15) is 11.6 Å². The van der Waals surface area contributed by atoms with E-state index in [-0.39, 0.29) is 17.9 Å². The maximum Gasteiger partial charge on any atom is 0.228 e. The summed E-state index contributed by atoms with van der Waals surface area (Å²) in [6.45, 7) is 2.52. The zero-order chi connectivity index (χ0) is 20.9. The van der Waals surface area contributed by atoms with Gasteiger partial charge in [-0.3, -0.25) is 4.79 Å². The van der Waals surface area contributed by atoms with Crippen molar-refractivity contribution in [3.8, 4) is 11.3 Å². The topological polar surface area (TPSA) is 102 Å². The smallest absolute Gasteiger partial charge is 0.228 e. The second-order valence-corrected chi connectivity index (χ2v) is 8.56. The average molecular weight is 430 g/mol. The van der Waals surface area contributed by atoms with Gasteiger partial charge >= 0.3 is 0 Å². The molecule has 3 heterocycles. The van der Waals surface area contributed by atoms with Gasteiger partial charge in [0, 0.05) is 43.5 Å². The molecule has 4 N–H and O–H groups in total. The highest BCUT2D eigenvalue weighted by Gasteiger charge is 2.28. The monoisotopic (exact) mass is 429 g/mol. The number of rotatable bonds is 6. The molecule has 2 aromatic rings. The van der Waals surface area contributed by atoms with Crippen LogP contribution in [-0.4, -0.2) is 41.7 Å². The molecule has 1 amide bonds. The molecule has 2 fully saturated rings. The number of amides is 1. The second-order valence-electron chi connectivity index (χ2n) is 8.15. The largest absolute Gasteiger partial charge is 0.381 e. The Morgan fingerprint density at radius 2 is 2.03 bits per heavy atom. The first-order chi connectivity index (χ1) is 14.6. The predicted molar refractivity (Wildman–Crippen MR) is 118 cm³/mol. The van der Waals surface area contributed by atoms with E-state index < -0.39 is 0 Å². The molecular formula is C22H28ClN5O2. The maximum atomic E-state index is 12.5. The molecule has 8 heteroatoms. The third-order valence-corrected chi connectivity index (χ3v) is 6.19. The normalized spacial score (nSPS) is 22.1. The fraction of sp³-hybridized carbons (Fsp3) is 0.500. The number of hydrogen-bond acceptors (Lipinski definition) is 6. The van der Waals surface area contributed by atoms with Gasteiger partial charge in [-0.1, -0.05) is 17.7 Å². The number of carbonyl (C=O) groups excluding carboxylic acids is 1. The molecular weight excluding hydrogens is 402 g/mol. The van der Waals surface area contributed by atoms with Crippen LogP contribution in [0.1, 0.15) is 32.1 Å². The molecule has 0 unspecified atom stereocenters. The van der Waals surface area contributed by atoms with Crippen LogP contribution in [0.3, 0.4) is 0 Å². The summed E-state index contributed by atoms with van der Waals surface area (Å²) in [4.78, 5) is 21.5. The first kappa shape index (κ1) is 21.0. The van der Waals surface area contributed by atoms with Crippen molar-refractivity contribution in [1.29, 1.82) is 0 Å². The summed E-state index contributed by atoms with van der Waals surface area (Å²) < 4.78 is 5.42. The van der Waals surface area contributed by atoms with Gasteiger partial charge in [-0.15, -0.1) is 0 Å². The van der Waals surface area contributed by atoms with E-state index in [1.165, 1.54) is 0 Å². The van der Waals surface area contributed by atoms with Crippen molar-refractivity contribution >= 4 is 29.1 Å². The summed E-state index contributed by atoms with van der Waals surface area (Å²) in [5.41, 5.74) is 7.40. The molecule has 1 saturated carbocycles. The number of pyridine rings is 2. The number of hydrogen-bond donors (Lipinski definition) is 3. The molecule has 2 atom stereocenters. The third-order valence-electron chi connectivity index (χ3n) is 5.89. The lowest BCUT2D eigenvalue weighted by Gasteiger charge is -2.22. The molecule has 1 aliphatic carbocycles. The van der Waals surface area contributed by atoms with Crippen LogP contribution in [-0.2, 0) is 9.53 Å². The van der Waals surface area contributed by atoms with E-state index in [0.717, 1.165) is 62.5 Å². The Balaban J connectivity index is 1.45. The lowest BCUT2D eigenvalue weighted by atomic mass is 10.0. The Morgan fingerprint density at radius 3 is 2.80 bits per heavy atom. The molecule has 7 nitrogen and oxygen atoms in total. The van der Waals surface area contributed by atoms with Crippen LogP contribution in [0.25, 0.3) is 11.3 Å². The van der Waals surface area contributed by atoms with Crippen molar-refractivity contribution in [2.45, 2.75) is 38.1 Å². The molecule has 0 bridgehead atoms. The van der Waals surface area contributed by atoms with Gasteiger partial charge in [0.05, 0.1) is 10.7 Å². The standard InChI is InChI=1S/C22H28ClN5O2/c23-18-13-26-21(28-22(29)15-4-5-16(24)10-15)11-17(18)19-2-1-3-20(27-19)25-12-14-6-8-30-9-7-14/h1-3,11,13-16H,4-10,12,24H2,(H,25,27)(H,26,28,29)/t15-,16+/m1/s1. The number of ether oxygens (including phenoxy) is 1. The van der Waals surface area contributed by atoms with Gasteiger partial charge in [0.25, 0.3) is 0 Å².